The van der Waals surface area contributed by atoms with Crippen LogP contribution in [0.25, 0.3) is 6.08 Å². The molecule has 0 radical (unpaired) electrons. The molecule has 0 aromatic heterocycles. The summed E-state index contributed by atoms with van der Waals surface area (Å²) >= 11 is 6.40. The zero-order chi connectivity index (χ0) is 19.1. The molecule has 0 aliphatic heterocycles. The molecule has 134 valence electrons. The Morgan fingerprint density at radius 1 is 1.28 bits per heavy atom. The van der Waals surface area contributed by atoms with E-state index >= 15 is 0 Å². The minimum absolute atomic E-state index is 0.0604. The molecule has 0 heterocycles. The summed E-state index contributed by atoms with van der Waals surface area (Å²) in [5.74, 6) is -1.04. The van der Waals surface area contributed by atoms with E-state index in [4.69, 9.17) is 21.4 Å². The predicted octanol–water partition coefficient (Wildman–Crippen LogP) is 5.81. The van der Waals surface area contributed by atoms with Crippen LogP contribution in [-0.2, 0) is 4.79 Å². The number of carbonyl (C=O) groups is 1. The maximum Gasteiger partial charge on any atom is 0.328 e. The van der Waals surface area contributed by atoms with Crippen molar-refractivity contribution in [2.75, 3.05) is 7.11 Å². The van der Waals surface area contributed by atoms with Crippen molar-refractivity contribution in [3.8, 4) is 5.75 Å². The van der Waals surface area contributed by atoms with E-state index in [0.29, 0.717) is 5.02 Å². The van der Waals surface area contributed by atoms with E-state index < -0.39 is 11.8 Å². The summed E-state index contributed by atoms with van der Waals surface area (Å²) in [6.07, 6.45) is 7.32. The van der Waals surface area contributed by atoms with Crippen molar-refractivity contribution in [1.82, 2.24) is 0 Å². The molecule has 1 rings (SSSR count). The average Bonchev–Trinajstić information content (AvgIpc) is 2.54. The topological polar surface area (TPSA) is 46.5 Å². The van der Waals surface area contributed by atoms with Crippen LogP contribution in [-0.4, -0.2) is 18.2 Å². The molecule has 3 nitrogen and oxygen atoms in total. The molecule has 0 spiro atoms. The zero-order valence-corrected chi connectivity index (χ0v) is 15.7. The zero-order valence-electron chi connectivity index (χ0n) is 15.0. The minimum Gasteiger partial charge on any atom is -0.496 e. The van der Waals surface area contributed by atoms with E-state index in [1.165, 1.54) is 13.0 Å². The van der Waals surface area contributed by atoms with Crippen LogP contribution in [0.2, 0.25) is 5.02 Å². The summed E-state index contributed by atoms with van der Waals surface area (Å²) in [6, 6.07) is 1.92. The number of hydrogen-bond acceptors (Lipinski definition) is 2. The van der Waals surface area contributed by atoms with E-state index in [2.05, 4.69) is 0 Å². The second-order valence-corrected chi connectivity index (χ2v) is 6.05. The van der Waals surface area contributed by atoms with Gasteiger partial charge in [-0.05, 0) is 56.5 Å². The van der Waals surface area contributed by atoms with E-state index in [0.717, 1.165) is 34.1 Å². The van der Waals surface area contributed by atoms with Gasteiger partial charge in [0.1, 0.15) is 11.6 Å². The van der Waals surface area contributed by atoms with Gasteiger partial charge < -0.3 is 9.84 Å². The van der Waals surface area contributed by atoms with Crippen molar-refractivity contribution in [1.29, 1.82) is 0 Å². The second kappa shape index (κ2) is 9.23. The fourth-order valence-corrected chi connectivity index (χ4v) is 2.45. The average molecular weight is 365 g/mol. The van der Waals surface area contributed by atoms with Crippen LogP contribution in [0.5, 0.6) is 5.75 Å². The van der Waals surface area contributed by atoms with Gasteiger partial charge in [0.2, 0.25) is 0 Å². The lowest BCUT2D eigenvalue weighted by molar-refractivity contribution is -0.131. The highest BCUT2D eigenvalue weighted by Crippen LogP contribution is 2.32. The molecule has 5 heteroatoms. The molecular formula is C20H22ClFO3. The summed E-state index contributed by atoms with van der Waals surface area (Å²) in [7, 11) is 1.60. The van der Waals surface area contributed by atoms with Crippen molar-refractivity contribution in [3.63, 3.8) is 0 Å². The SMILES string of the molecule is COc1cc(C)c(/C=C/C(C)=C/C=C(F)/C(C)=C/C(=O)O)c(Cl)c1C. The molecule has 0 aliphatic carbocycles. The van der Waals surface area contributed by atoms with Crippen LogP contribution in [0.15, 0.2) is 47.3 Å². The van der Waals surface area contributed by atoms with Gasteiger partial charge >= 0.3 is 5.97 Å². The second-order valence-electron chi connectivity index (χ2n) is 5.67. The fraction of sp³-hybridized carbons (Fsp3) is 0.250. The highest BCUT2D eigenvalue weighted by Gasteiger charge is 2.10. The van der Waals surface area contributed by atoms with Gasteiger partial charge in [-0.2, -0.15) is 0 Å². The Balaban J connectivity index is 3.06. The number of allylic oxidation sites excluding steroid dienone is 6. The van der Waals surface area contributed by atoms with E-state index in [9.17, 15) is 9.18 Å². The predicted molar refractivity (Wildman–Crippen MR) is 101 cm³/mol. The first-order valence-electron chi connectivity index (χ1n) is 7.64. The molecule has 0 amide bonds. The van der Waals surface area contributed by atoms with Gasteiger partial charge in [-0.25, -0.2) is 9.18 Å². The van der Waals surface area contributed by atoms with Crippen LogP contribution in [0, 0.1) is 13.8 Å². The molecule has 1 N–H and O–H groups in total. The molecule has 0 bridgehead atoms. The van der Waals surface area contributed by atoms with Gasteiger partial charge in [0.15, 0.2) is 0 Å². The standard InChI is InChI=1S/C20H22ClFO3/c1-12(7-9-17(22)14(3)11-19(23)24)6-8-16-13(2)10-18(25-5)15(4)20(16)21/h6-11H,1-5H3,(H,23,24)/b8-6+,12-7+,14-11+,17-9-. The van der Waals surface area contributed by atoms with Gasteiger partial charge in [-0.15, -0.1) is 0 Å². The molecule has 1 aromatic rings. The molecule has 0 saturated heterocycles. The first kappa shape index (κ1) is 20.7. The van der Waals surface area contributed by atoms with Crippen molar-refractivity contribution in [3.05, 3.63) is 69.1 Å². The van der Waals surface area contributed by atoms with Gasteiger partial charge in [0.05, 0.1) is 12.1 Å². The number of carboxylic acid groups (broad SMARTS) is 1. The van der Waals surface area contributed by atoms with Crippen molar-refractivity contribution in [2.45, 2.75) is 27.7 Å². The fourth-order valence-electron chi connectivity index (χ4n) is 2.14. The van der Waals surface area contributed by atoms with Crippen molar-refractivity contribution in [2.24, 2.45) is 0 Å². The third-order valence-electron chi connectivity index (χ3n) is 3.65. The highest BCUT2D eigenvalue weighted by molar-refractivity contribution is 6.33. The normalized spacial score (nSPS) is 13.5. The Bertz CT molecular complexity index is 787. The summed E-state index contributed by atoms with van der Waals surface area (Å²) < 4.78 is 19.1. The van der Waals surface area contributed by atoms with E-state index in [1.54, 1.807) is 13.2 Å². The molecule has 0 atom stereocenters. The number of ether oxygens (including phenoxy) is 1. The Hall–Kier alpha value is -2.33. The number of carboxylic acids is 1. The number of methoxy groups -OCH3 is 1. The molecular weight excluding hydrogens is 343 g/mol. The van der Waals surface area contributed by atoms with Crippen molar-refractivity contribution < 1.29 is 19.0 Å². The largest absolute Gasteiger partial charge is 0.496 e. The van der Waals surface area contributed by atoms with Gasteiger partial charge in [-0.3, -0.25) is 0 Å². The van der Waals surface area contributed by atoms with Crippen LogP contribution in [0.1, 0.15) is 30.5 Å². The molecule has 25 heavy (non-hydrogen) atoms. The monoisotopic (exact) mass is 364 g/mol. The number of rotatable bonds is 6. The highest BCUT2D eigenvalue weighted by atomic mass is 35.5. The smallest absolute Gasteiger partial charge is 0.328 e. The van der Waals surface area contributed by atoms with Crippen molar-refractivity contribution >= 4 is 23.6 Å². The molecule has 0 fully saturated rings. The van der Waals surface area contributed by atoms with Gasteiger partial charge in [0, 0.05) is 11.6 Å². The Labute approximate surface area is 152 Å². The Morgan fingerprint density at radius 3 is 2.48 bits per heavy atom. The van der Waals surface area contributed by atoms with E-state index in [1.807, 2.05) is 39.0 Å². The maximum atomic E-state index is 13.8. The lowest BCUT2D eigenvalue weighted by Crippen LogP contribution is -1.93. The third kappa shape index (κ3) is 5.91. The lowest BCUT2D eigenvalue weighted by atomic mass is 10.0. The number of benzene rings is 1. The molecule has 0 unspecified atom stereocenters. The number of aryl methyl sites for hydroxylation is 1. The van der Waals surface area contributed by atoms with E-state index in [-0.39, 0.29) is 5.57 Å². The number of hydrogen-bond donors (Lipinski definition) is 1. The molecule has 0 saturated carbocycles. The lowest BCUT2D eigenvalue weighted by Gasteiger charge is -2.12. The third-order valence-corrected chi connectivity index (χ3v) is 4.14. The maximum absolute atomic E-state index is 13.8. The number of aliphatic carboxylic acids is 1. The Morgan fingerprint density at radius 2 is 1.92 bits per heavy atom. The van der Waals surface area contributed by atoms with Gasteiger partial charge in [-0.1, -0.05) is 35.4 Å². The first-order chi connectivity index (χ1) is 11.7. The quantitative estimate of drug-likeness (QED) is 0.511. The summed E-state index contributed by atoms with van der Waals surface area (Å²) in [6.45, 7) is 7.04. The first-order valence-corrected chi connectivity index (χ1v) is 8.02. The summed E-state index contributed by atoms with van der Waals surface area (Å²) in [5.41, 5.74) is 3.56. The van der Waals surface area contributed by atoms with Crippen LogP contribution in [0.4, 0.5) is 4.39 Å². The van der Waals surface area contributed by atoms with Gasteiger partial charge in [0.25, 0.3) is 0 Å². The van der Waals surface area contributed by atoms with Crippen LogP contribution in [0.3, 0.4) is 0 Å². The molecule has 0 aliphatic rings. The summed E-state index contributed by atoms with van der Waals surface area (Å²) in [5, 5.41) is 9.23. The van der Waals surface area contributed by atoms with Crippen LogP contribution >= 0.6 is 11.6 Å². The van der Waals surface area contributed by atoms with Crippen LogP contribution < -0.4 is 4.74 Å². The minimum atomic E-state index is -1.18. The Kier molecular flexibility index (Phi) is 7.65. The molecule has 1 aromatic carbocycles. The number of halogens is 2. The summed E-state index contributed by atoms with van der Waals surface area (Å²) in [4.78, 5) is 10.5.